The summed E-state index contributed by atoms with van der Waals surface area (Å²) in [6, 6.07) is 0. The standard InChI is InChI=1S/C11H11F3N4O2S/c1-5-7(3-4-8(19)20)6(2)18-9(15-5)16-10(17-18)21-11(12,13)14/h3-4H2,1-2H3,(H,19,20). The fourth-order valence-corrected chi connectivity index (χ4v) is 2.39. The molecule has 114 valence electrons. The first kappa shape index (κ1) is 15.5. The van der Waals surface area contributed by atoms with Crippen LogP contribution in [0.15, 0.2) is 5.16 Å². The molecule has 10 heteroatoms. The molecule has 6 nitrogen and oxygen atoms in total. The van der Waals surface area contributed by atoms with E-state index in [0.717, 1.165) is 0 Å². The average Bonchev–Trinajstić information content (AvgIpc) is 2.68. The van der Waals surface area contributed by atoms with Crippen molar-refractivity contribution in [3.05, 3.63) is 17.0 Å². The molecule has 0 aliphatic carbocycles. The first-order valence-electron chi connectivity index (χ1n) is 5.88. The third kappa shape index (κ3) is 3.63. The smallest absolute Gasteiger partial charge is 0.449 e. The second-order valence-electron chi connectivity index (χ2n) is 4.31. The minimum atomic E-state index is -4.47. The molecule has 2 rings (SSSR count). The van der Waals surface area contributed by atoms with Crippen LogP contribution in [0.1, 0.15) is 23.4 Å². The van der Waals surface area contributed by atoms with Crippen molar-refractivity contribution in [3.8, 4) is 0 Å². The topological polar surface area (TPSA) is 80.4 Å². The van der Waals surface area contributed by atoms with Gasteiger partial charge in [-0.3, -0.25) is 4.79 Å². The number of carbonyl (C=O) groups is 1. The maximum atomic E-state index is 12.3. The highest BCUT2D eigenvalue weighted by molar-refractivity contribution is 8.00. The van der Waals surface area contributed by atoms with Crippen molar-refractivity contribution in [2.75, 3.05) is 0 Å². The lowest BCUT2D eigenvalue weighted by molar-refractivity contribution is -0.136. The van der Waals surface area contributed by atoms with Crippen molar-refractivity contribution in [1.29, 1.82) is 0 Å². The highest BCUT2D eigenvalue weighted by Gasteiger charge is 2.32. The van der Waals surface area contributed by atoms with Gasteiger partial charge in [0.05, 0.1) is 0 Å². The molecular formula is C11H11F3N4O2S. The number of fused-ring (bicyclic) bond motifs is 1. The Morgan fingerprint density at radius 2 is 2.00 bits per heavy atom. The number of carboxylic acids is 1. The van der Waals surface area contributed by atoms with E-state index in [9.17, 15) is 18.0 Å². The maximum Gasteiger partial charge on any atom is 0.449 e. The SMILES string of the molecule is Cc1nc2nc(SC(F)(F)F)nn2c(C)c1CCC(=O)O. The Balaban J connectivity index is 2.43. The number of aromatic nitrogens is 4. The van der Waals surface area contributed by atoms with Crippen LogP contribution in [0.2, 0.25) is 0 Å². The van der Waals surface area contributed by atoms with Crippen LogP contribution in [-0.4, -0.2) is 36.2 Å². The zero-order valence-electron chi connectivity index (χ0n) is 11.1. The van der Waals surface area contributed by atoms with E-state index >= 15 is 0 Å². The van der Waals surface area contributed by atoms with Crippen LogP contribution in [0.3, 0.4) is 0 Å². The molecule has 2 aromatic heterocycles. The number of nitrogens with zero attached hydrogens (tertiary/aromatic N) is 4. The Morgan fingerprint density at radius 1 is 1.33 bits per heavy atom. The average molecular weight is 320 g/mol. The number of aryl methyl sites for hydroxylation is 2. The minimum absolute atomic E-state index is 0.0656. The van der Waals surface area contributed by atoms with E-state index in [1.165, 1.54) is 4.52 Å². The highest BCUT2D eigenvalue weighted by atomic mass is 32.2. The molecule has 0 fully saturated rings. The number of thioether (sulfide) groups is 1. The summed E-state index contributed by atoms with van der Waals surface area (Å²) in [4.78, 5) is 18.4. The van der Waals surface area contributed by atoms with Crippen LogP contribution >= 0.6 is 11.8 Å². The van der Waals surface area contributed by atoms with Gasteiger partial charge in [0.2, 0.25) is 5.16 Å². The molecule has 0 aliphatic rings. The van der Waals surface area contributed by atoms with E-state index in [2.05, 4.69) is 15.1 Å². The minimum Gasteiger partial charge on any atom is -0.481 e. The van der Waals surface area contributed by atoms with E-state index in [-0.39, 0.29) is 18.6 Å². The second-order valence-corrected chi connectivity index (χ2v) is 5.34. The molecule has 0 radical (unpaired) electrons. The highest BCUT2D eigenvalue weighted by Crippen LogP contribution is 2.35. The lowest BCUT2D eigenvalue weighted by Gasteiger charge is -2.08. The number of hydrogen-bond acceptors (Lipinski definition) is 5. The van der Waals surface area contributed by atoms with Crippen molar-refractivity contribution >= 4 is 23.5 Å². The molecule has 0 amide bonds. The first-order chi connectivity index (χ1) is 9.67. The van der Waals surface area contributed by atoms with Gasteiger partial charge in [0.15, 0.2) is 0 Å². The van der Waals surface area contributed by atoms with Gasteiger partial charge >= 0.3 is 11.5 Å². The van der Waals surface area contributed by atoms with E-state index in [4.69, 9.17) is 5.11 Å². The van der Waals surface area contributed by atoms with Crippen LogP contribution in [-0.2, 0) is 11.2 Å². The molecule has 2 heterocycles. The summed E-state index contributed by atoms with van der Waals surface area (Å²) in [7, 11) is 0. The molecule has 0 aliphatic heterocycles. The van der Waals surface area contributed by atoms with Gasteiger partial charge in [0.25, 0.3) is 5.78 Å². The lowest BCUT2D eigenvalue weighted by Crippen LogP contribution is -2.08. The molecule has 0 saturated heterocycles. The normalized spacial score (nSPS) is 12.0. The number of alkyl halides is 3. The number of rotatable bonds is 4. The van der Waals surface area contributed by atoms with Crippen LogP contribution in [0, 0.1) is 13.8 Å². The quantitative estimate of drug-likeness (QED) is 0.871. The maximum absolute atomic E-state index is 12.3. The van der Waals surface area contributed by atoms with E-state index in [1.54, 1.807) is 13.8 Å². The van der Waals surface area contributed by atoms with Crippen molar-refractivity contribution < 1.29 is 23.1 Å². The summed E-state index contributed by atoms with van der Waals surface area (Å²) >= 11 is -0.412. The van der Waals surface area contributed by atoms with Gasteiger partial charge < -0.3 is 5.11 Å². The molecule has 0 aromatic carbocycles. The van der Waals surface area contributed by atoms with E-state index in [0.29, 0.717) is 17.0 Å². The zero-order chi connectivity index (χ0) is 15.8. The Kier molecular flexibility index (Phi) is 4.08. The third-order valence-corrected chi connectivity index (χ3v) is 3.41. The second kappa shape index (κ2) is 5.51. The van der Waals surface area contributed by atoms with Crippen molar-refractivity contribution in [2.45, 2.75) is 37.4 Å². The van der Waals surface area contributed by atoms with E-state index in [1.807, 2.05) is 0 Å². The predicted molar refractivity (Wildman–Crippen MR) is 68.1 cm³/mol. The number of hydrogen-bond donors (Lipinski definition) is 1. The van der Waals surface area contributed by atoms with Gasteiger partial charge in [0.1, 0.15) is 0 Å². The zero-order valence-corrected chi connectivity index (χ0v) is 11.9. The molecule has 0 unspecified atom stereocenters. The largest absolute Gasteiger partial charge is 0.481 e. The summed E-state index contributed by atoms with van der Waals surface area (Å²) in [5, 5.41) is 12.0. The first-order valence-corrected chi connectivity index (χ1v) is 6.69. The molecule has 2 aromatic rings. The third-order valence-electron chi connectivity index (χ3n) is 2.83. The molecule has 0 saturated carbocycles. The molecular weight excluding hydrogens is 309 g/mol. The Morgan fingerprint density at radius 3 is 2.57 bits per heavy atom. The van der Waals surface area contributed by atoms with Crippen molar-refractivity contribution in [3.63, 3.8) is 0 Å². The van der Waals surface area contributed by atoms with Crippen molar-refractivity contribution in [2.24, 2.45) is 0 Å². The summed E-state index contributed by atoms with van der Waals surface area (Å²) in [6.45, 7) is 3.31. The number of aliphatic carboxylic acids is 1. The Bertz CT molecular complexity index is 699. The lowest BCUT2D eigenvalue weighted by atomic mass is 10.1. The molecule has 0 bridgehead atoms. The van der Waals surface area contributed by atoms with Gasteiger partial charge in [0, 0.05) is 29.6 Å². The van der Waals surface area contributed by atoms with Gasteiger partial charge in [-0.1, -0.05) is 0 Å². The summed E-state index contributed by atoms with van der Waals surface area (Å²) in [6.07, 6.45) is 0.144. The monoisotopic (exact) mass is 320 g/mol. The molecule has 21 heavy (non-hydrogen) atoms. The molecule has 0 spiro atoms. The molecule has 1 N–H and O–H groups in total. The number of halogens is 3. The van der Waals surface area contributed by atoms with Crippen molar-refractivity contribution in [1.82, 2.24) is 19.6 Å². The fraction of sp³-hybridized carbons (Fsp3) is 0.455. The van der Waals surface area contributed by atoms with Gasteiger partial charge in [-0.2, -0.15) is 18.2 Å². The number of carboxylic acid groups (broad SMARTS) is 1. The summed E-state index contributed by atoms with van der Waals surface area (Å²) < 4.78 is 38.2. The Labute approximate surface area is 121 Å². The molecule has 0 atom stereocenters. The van der Waals surface area contributed by atoms with Gasteiger partial charge in [-0.15, -0.1) is 5.10 Å². The van der Waals surface area contributed by atoms with Crippen LogP contribution < -0.4 is 0 Å². The Hall–Kier alpha value is -1.84. The fourth-order valence-electron chi connectivity index (χ4n) is 1.93. The van der Waals surface area contributed by atoms with E-state index < -0.39 is 28.4 Å². The summed E-state index contributed by atoms with van der Waals surface area (Å²) in [5.74, 6) is -0.892. The summed E-state index contributed by atoms with van der Waals surface area (Å²) in [5.41, 5.74) is -2.74. The van der Waals surface area contributed by atoms with Gasteiger partial charge in [-0.05, 0) is 25.8 Å². The predicted octanol–water partition coefficient (Wildman–Crippen LogP) is 2.37. The van der Waals surface area contributed by atoms with Crippen LogP contribution in [0.5, 0.6) is 0 Å². The van der Waals surface area contributed by atoms with Crippen LogP contribution in [0.4, 0.5) is 13.2 Å². The van der Waals surface area contributed by atoms with Gasteiger partial charge in [-0.25, -0.2) is 9.50 Å². The van der Waals surface area contributed by atoms with Crippen LogP contribution in [0.25, 0.3) is 5.78 Å².